The second kappa shape index (κ2) is 3.91. The highest BCUT2D eigenvalue weighted by Gasteiger charge is 2.13. The lowest BCUT2D eigenvalue weighted by Crippen LogP contribution is -2.03. The van der Waals surface area contributed by atoms with Crippen molar-refractivity contribution in [3.63, 3.8) is 0 Å². The highest BCUT2D eigenvalue weighted by Crippen LogP contribution is 2.14. The van der Waals surface area contributed by atoms with Gasteiger partial charge < -0.3 is 0 Å². The Balaban J connectivity index is 3.20. The van der Waals surface area contributed by atoms with Gasteiger partial charge in [-0.15, -0.1) is 0 Å². The van der Waals surface area contributed by atoms with Gasteiger partial charge in [-0.25, -0.2) is 13.2 Å². The molecule has 0 aliphatic heterocycles. The van der Waals surface area contributed by atoms with Crippen LogP contribution in [0.4, 0.5) is 13.2 Å². The highest BCUT2D eigenvalue weighted by molar-refractivity contribution is 9.09. The van der Waals surface area contributed by atoms with Crippen LogP contribution in [0.1, 0.15) is 10.4 Å². The average Bonchev–Trinajstić information content (AvgIpc) is 2.12. The molecule has 5 heteroatoms. The third-order valence-electron chi connectivity index (χ3n) is 1.43. The van der Waals surface area contributed by atoms with Crippen LogP contribution >= 0.6 is 15.9 Å². The Hall–Kier alpha value is -0.840. The number of benzene rings is 1. The van der Waals surface area contributed by atoms with Crippen LogP contribution in [0.3, 0.4) is 0 Å². The highest BCUT2D eigenvalue weighted by atomic mass is 79.9. The van der Waals surface area contributed by atoms with E-state index in [1.54, 1.807) is 0 Å². The van der Waals surface area contributed by atoms with E-state index in [2.05, 4.69) is 15.9 Å². The molecule has 0 aliphatic carbocycles. The standard InChI is InChI=1S/C8H4BrF3O/c9-3-7(13)4-1-5(10)8(12)6(11)2-4/h1-2H,3H2. The van der Waals surface area contributed by atoms with Crippen LogP contribution in [0.5, 0.6) is 0 Å². The van der Waals surface area contributed by atoms with E-state index < -0.39 is 23.2 Å². The average molecular weight is 253 g/mol. The Bertz CT molecular complexity index is 328. The van der Waals surface area contributed by atoms with Crippen molar-refractivity contribution in [2.45, 2.75) is 0 Å². The number of hydrogen-bond acceptors (Lipinski definition) is 1. The van der Waals surface area contributed by atoms with Crippen molar-refractivity contribution in [3.8, 4) is 0 Å². The lowest BCUT2D eigenvalue weighted by molar-refractivity contribution is 0.102. The maximum absolute atomic E-state index is 12.6. The minimum atomic E-state index is -1.56. The molecule has 1 aromatic carbocycles. The first kappa shape index (κ1) is 10.2. The number of rotatable bonds is 2. The molecular weight excluding hydrogens is 249 g/mol. The van der Waals surface area contributed by atoms with Crippen LogP contribution in [0.15, 0.2) is 12.1 Å². The molecule has 0 aromatic heterocycles. The van der Waals surface area contributed by atoms with Crippen molar-refractivity contribution in [1.82, 2.24) is 0 Å². The molecule has 0 saturated carbocycles. The predicted molar refractivity (Wildman–Crippen MR) is 44.4 cm³/mol. The van der Waals surface area contributed by atoms with E-state index in [-0.39, 0.29) is 10.9 Å². The zero-order chi connectivity index (χ0) is 10.0. The van der Waals surface area contributed by atoms with Gasteiger partial charge in [0.1, 0.15) is 0 Å². The van der Waals surface area contributed by atoms with Crippen LogP contribution in [0.2, 0.25) is 0 Å². The van der Waals surface area contributed by atoms with Crippen LogP contribution in [-0.2, 0) is 0 Å². The molecular formula is C8H4BrF3O. The molecule has 0 fully saturated rings. The van der Waals surface area contributed by atoms with Crippen molar-refractivity contribution in [2.24, 2.45) is 0 Å². The van der Waals surface area contributed by atoms with Gasteiger partial charge >= 0.3 is 0 Å². The number of carbonyl (C=O) groups is 1. The summed E-state index contributed by atoms with van der Waals surface area (Å²) in [5.74, 6) is -4.78. The van der Waals surface area contributed by atoms with Crippen LogP contribution in [-0.4, -0.2) is 11.1 Å². The smallest absolute Gasteiger partial charge is 0.194 e. The summed E-state index contributed by atoms with van der Waals surface area (Å²) in [5, 5.41) is -0.0580. The van der Waals surface area contributed by atoms with Gasteiger partial charge in [0, 0.05) is 5.56 Å². The number of Topliss-reactive ketones (excluding diaryl/α,β-unsaturated/α-hetero) is 1. The Morgan fingerprint density at radius 2 is 1.69 bits per heavy atom. The van der Waals surface area contributed by atoms with E-state index in [1.165, 1.54) is 0 Å². The summed E-state index contributed by atoms with van der Waals surface area (Å²) in [6, 6.07) is 1.34. The number of ketones is 1. The van der Waals surface area contributed by atoms with Gasteiger partial charge in [-0.3, -0.25) is 4.79 Å². The molecule has 0 atom stereocenters. The first-order valence-electron chi connectivity index (χ1n) is 3.30. The normalized spacial score (nSPS) is 10.2. The number of halogens is 4. The van der Waals surface area contributed by atoms with Crippen molar-refractivity contribution < 1.29 is 18.0 Å². The summed E-state index contributed by atoms with van der Waals surface area (Å²) < 4.78 is 37.5. The fourth-order valence-electron chi connectivity index (χ4n) is 0.794. The van der Waals surface area contributed by atoms with Crippen LogP contribution < -0.4 is 0 Å². The van der Waals surface area contributed by atoms with Gasteiger partial charge in [-0.05, 0) is 12.1 Å². The van der Waals surface area contributed by atoms with Crippen molar-refractivity contribution in [1.29, 1.82) is 0 Å². The lowest BCUT2D eigenvalue weighted by atomic mass is 10.1. The first-order chi connectivity index (χ1) is 6.06. The minimum absolute atomic E-state index is 0.0580. The van der Waals surface area contributed by atoms with E-state index in [9.17, 15) is 18.0 Å². The largest absolute Gasteiger partial charge is 0.293 e. The lowest BCUT2D eigenvalue weighted by Gasteiger charge is -1.99. The molecule has 1 nitrogen and oxygen atoms in total. The third-order valence-corrected chi connectivity index (χ3v) is 1.94. The molecule has 1 aromatic rings. The SMILES string of the molecule is O=C(CBr)c1cc(F)c(F)c(F)c1. The Morgan fingerprint density at radius 1 is 1.23 bits per heavy atom. The Kier molecular flexibility index (Phi) is 3.08. The Labute approximate surface area is 80.7 Å². The molecule has 70 valence electrons. The number of carbonyl (C=O) groups excluding carboxylic acids is 1. The molecule has 0 aliphatic rings. The zero-order valence-corrected chi connectivity index (χ0v) is 7.87. The summed E-state index contributed by atoms with van der Waals surface area (Å²) in [6.07, 6.45) is 0. The molecule has 13 heavy (non-hydrogen) atoms. The van der Waals surface area contributed by atoms with Gasteiger partial charge in [-0.2, -0.15) is 0 Å². The summed E-state index contributed by atoms with van der Waals surface area (Å²) in [7, 11) is 0. The van der Waals surface area contributed by atoms with Crippen LogP contribution in [0.25, 0.3) is 0 Å². The zero-order valence-electron chi connectivity index (χ0n) is 6.28. The van der Waals surface area contributed by atoms with Gasteiger partial charge in [-0.1, -0.05) is 15.9 Å². The molecule has 0 saturated heterocycles. The number of alkyl halides is 1. The minimum Gasteiger partial charge on any atom is -0.293 e. The van der Waals surface area contributed by atoms with Gasteiger partial charge in [0.05, 0.1) is 5.33 Å². The van der Waals surface area contributed by atoms with E-state index in [0.29, 0.717) is 12.1 Å². The quantitative estimate of drug-likeness (QED) is 0.450. The summed E-state index contributed by atoms with van der Waals surface area (Å²) in [4.78, 5) is 10.9. The fourth-order valence-corrected chi connectivity index (χ4v) is 1.12. The molecule has 1 rings (SSSR count). The molecule has 0 bridgehead atoms. The molecule has 0 radical (unpaired) electrons. The fraction of sp³-hybridized carbons (Fsp3) is 0.125. The molecule has 0 N–H and O–H groups in total. The molecule has 0 spiro atoms. The first-order valence-corrected chi connectivity index (χ1v) is 4.42. The maximum atomic E-state index is 12.6. The third kappa shape index (κ3) is 2.09. The van der Waals surface area contributed by atoms with Gasteiger partial charge in [0.15, 0.2) is 23.2 Å². The summed E-state index contributed by atoms with van der Waals surface area (Å²) in [5.41, 5.74) is -0.187. The number of hydrogen-bond donors (Lipinski definition) is 0. The monoisotopic (exact) mass is 252 g/mol. The van der Waals surface area contributed by atoms with Crippen molar-refractivity contribution >= 4 is 21.7 Å². The predicted octanol–water partition coefficient (Wildman–Crippen LogP) is 2.68. The maximum Gasteiger partial charge on any atom is 0.194 e. The molecule has 0 amide bonds. The van der Waals surface area contributed by atoms with E-state index >= 15 is 0 Å². The van der Waals surface area contributed by atoms with E-state index in [1.807, 2.05) is 0 Å². The second-order valence-electron chi connectivity index (χ2n) is 2.31. The summed E-state index contributed by atoms with van der Waals surface area (Å²) >= 11 is 2.83. The van der Waals surface area contributed by atoms with Gasteiger partial charge in [0.2, 0.25) is 0 Å². The van der Waals surface area contributed by atoms with Crippen molar-refractivity contribution in [2.75, 3.05) is 5.33 Å². The Morgan fingerprint density at radius 3 is 2.08 bits per heavy atom. The van der Waals surface area contributed by atoms with Crippen molar-refractivity contribution in [3.05, 3.63) is 35.1 Å². The van der Waals surface area contributed by atoms with E-state index in [4.69, 9.17) is 0 Å². The second-order valence-corrected chi connectivity index (χ2v) is 2.87. The van der Waals surface area contributed by atoms with Gasteiger partial charge in [0.25, 0.3) is 0 Å². The molecule has 0 unspecified atom stereocenters. The van der Waals surface area contributed by atoms with Crippen LogP contribution in [0, 0.1) is 17.5 Å². The summed E-state index contributed by atoms with van der Waals surface area (Å²) in [6.45, 7) is 0. The molecule has 0 heterocycles. The van der Waals surface area contributed by atoms with E-state index in [0.717, 1.165) is 0 Å². The topological polar surface area (TPSA) is 17.1 Å².